The van der Waals surface area contributed by atoms with Gasteiger partial charge >= 0.3 is 0 Å². The molecule has 1 saturated heterocycles. The zero-order valence-electron chi connectivity index (χ0n) is 14.7. The fraction of sp³-hybridized carbons (Fsp3) is 0.304. The first kappa shape index (κ1) is 15.2. The molecule has 4 nitrogen and oxygen atoms in total. The molecule has 6 atom stereocenters. The van der Waals surface area contributed by atoms with E-state index < -0.39 is 0 Å². The van der Waals surface area contributed by atoms with Gasteiger partial charge in [0.2, 0.25) is 11.8 Å². The van der Waals surface area contributed by atoms with Gasteiger partial charge in [0.1, 0.15) is 5.76 Å². The number of rotatable bonds is 2. The highest BCUT2D eigenvalue weighted by Crippen LogP contribution is 2.64. The van der Waals surface area contributed by atoms with E-state index in [9.17, 15) is 9.59 Å². The first-order valence-electron chi connectivity index (χ1n) is 9.57. The van der Waals surface area contributed by atoms with Crippen LogP contribution in [-0.2, 0) is 16.1 Å². The Labute approximate surface area is 157 Å². The average Bonchev–Trinajstić information content (AvgIpc) is 3.31. The lowest BCUT2D eigenvalue weighted by atomic mass is 9.48. The molecule has 2 bridgehead atoms. The lowest BCUT2D eigenvalue weighted by Crippen LogP contribution is -2.49. The van der Waals surface area contributed by atoms with E-state index in [0.29, 0.717) is 5.76 Å². The minimum atomic E-state index is -0.259. The van der Waals surface area contributed by atoms with Crippen molar-refractivity contribution in [3.63, 3.8) is 0 Å². The van der Waals surface area contributed by atoms with Crippen molar-refractivity contribution < 1.29 is 14.0 Å². The second-order valence-electron chi connectivity index (χ2n) is 8.00. The molecule has 4 aliphatic carbocycles. The lowest BCUT2D eigenvalue weighted by molar-refractivity contribution is -0.141. The Kier molecular flexibility index (Phi) is 2.99. The van der Waals surface area contributed by atoms with Crippen molar-refractivity contribution in [1.29, 1.82) is 0 Å². The van der Waals surface area contributed by atoms with Gasteiger partial charge < -0.3 is 4.42 Å². The normalized spacial score (nSPS) is 35.3. The number of carbonyl (C=O) groups is 2. The lowest BCUT2D eigenvalue weighted by Gasteiger charge is -2.53. The van der Waals surface area contributed by atoms with E-state index in [-0.39, 0.29) is 53.9 Å². The van der Waals surface area contributed by atoms with Crippen molar-refractivity contribution in [3.8, 4) is 0 Å². The molecular weight excluding hydrogens is 338 g/mol. The largest absolute Gasteiger partial charge is 0.467 e. The highest BCUT2D eigenvalue weighted by Gasteiger charge is 2.64. The molecule has 1 aromatic heterocycles. The highest BCUT2D eigenvalue weighted by atomic mass is 16.3. The number of amides is 2. The molecule has 2 heterocycles. The van der Waals surface area contributed by atoms with E-state index in [1.54, 1.807) is 12.3 Å². The number of hydrogen-bond acceptors (Lipinski definition) is 3. The molecule has 2 amide bonds. The number of benzene rings is 1. The molecule has 4 heteroatoms. The van der Waals surface area contributed by atoms with Crippen LogP contribution in [0.5, 0.6) is 0 Å². The van der Waals surface area contributed by atoms with Crippen molar-refractivity contribution >= 4 is 11.8 Å². The SMILES string of the molecule is O=C1[C@H]2[C@H](C(=O)N1Cc1ccco1)[C@@H]1c3ccccc3[C@@H]2[C@H]2C=CC=C[C@@H]21. The third kappa shape index (κ3) is 1.88. The molecule has 27 heavy (non-hydrogen) atoms. The maximum Gasteiger partial charge on any atom is 0.234 e. The monoisotopic (exact) mass is 357 g/mol. The third-order valence-corrected chi connectivity index (χ3v) is 6.92. The molecule has 2 aromatic rings. The number of nitrogens with zero attached hydrogens (tertiary/aromatic N) is 1. The van der Waals surface area contributed by atoms with Crippen LogP contribution in [0.4, 0.5) is 0 Å². The predicted octanol–water partition coefficient (Wildman–Crippen LogP) is 3.63. The van der Waals surface area contributed by atoms with Crippen LogP contribution in [0, 0.1) is 23.7 Å². The summed E-state index contributed by atoms with van der Waals surface area (Å²) in [6.45, 7) is 0.231. The zero-order chi connectivity index (χ0) is 18.1. The first-order chi connectivity index (χ1) is 13.3. The molecule has 134 valence electrons. The van der Waals surface area contributed by atoms with Gasteiger partial charge in [-0.3, -0.25) is 14.5 Å². The number of likely N-dealkylation sites (tertiary alicyclic amines) is 1. The Hall–Kier alpha value is -2.88. The average molecular weight is 357 g/mol. The van der Waals surface area contributed by atoms with Gasteiger partial charge in [0.05, 0.1) is 24.6 Å². The summed E-state index contributed by atoms with van der Waals surface area (Å²) in [6, 6.07) is 12.0. The summed E-state index contributed by atoms with van der Waals surface area (Å²) in [6.07, 6.45) is 10.2. The van der Waals surface area contributed by atoms with Crippen LogP contribution in [0.1, 0.15) is 28.7 Å². The number of furan rings is 1. The van der Waals surface area contributed by atoms with Crippen molar-refractivity contribution in [1.82, 2.24) is 4.90 Å². The Morgan fingerprint density at radius 1 is 0.778 bits per heavy atom. The second-order valence-corrected chi connectivity index (χ2v) is 8.00. The standard InChI is InChI=1S/C23H19NO3/c25-22-20-18-14-7-1-2-8-15(14)19(17-10-4-3-9-16(17)18)21(20)23(26)24(22)12-13-6-5-11-27-13/h1-11,14-15,18-21H,12H2/t14-,15-,18-,19-,20+,21+/m0/s1. The Morgan fingerprint density at radius 2 is 1.37 bits per heavy atom. The Balaban J connectivity index is 1.49. The van der Waals surface area contributed by atoms with E-state index >= 15 is 0 Å². The van der Waals surface area contributed by atoms with E-state index in [1.165, 1.54) is 16.0 Å². The molecule has 0 N–H and O–H groups in total. The summed E-state index contributed by atoms with van der Waals surface area (Å²) >= 11 is 0. The summed E-state index contributed by atoms with van der Waals surface area (Å²) in [7, 11) is 0. The smallest absolute Gasteiger partial charge is 0.234 e. The van der Waals surface area contributed by atoms with Gasteiger partial charge in [-0.1, -0.05) is 48.6 Å². The molecule has 2 fully saturated rings. The van der Waals surface area contributed by atoms with Crippen LogP contribution >= 0.6 is 0 Å². The molecule has 0 spiro atoms. The topological polar surface area (TPSA) is 50.5 Å². The summed E-state index contributed by atoms with van der Waals surface area (Å²) in [5.74, 6) is 0.778. The summed E-state index contributed by atoms with van der Waals surface area (Å²) in [5.41, 5.74) is 2.51. The minimum absolute atomic E-state index is 0.0349. The van der Waals surface area contributed by atoms with Gasteiger partial charge in [0.25, 0.3) is 0 Å². The van der Waals surface area contributed by atoms with Crippen LogP contribution in [0.15, 0.2) is 71.4 Å². The molecule has 1 aromatic carbocycles. The van der Waals surface area contributed by atoms with E-state index in [0.717, 1.165) is 0 Å². The fourth-order valence-corrected chi connectivity index (χ4v) is 6.00. The van der Waals surface area contributed by atoms with Crippen LogP contribution in [0.2, 0.25) is 0 Å². The molecule has 1 aliphatic heterocycles. The maximum atomic E-state index is 13.4. The predicted molar refractivity (Wildman–Crippen MR) is 98.4 cm³/mol. The van der Waals surface area contributed by atoms with Crippen LogP contribution in [-0.4, -0.2) is 16.7 Å². The quantitative estimate of drug-likeness (QED) is 0.771. The summed E-state index contributed by atoms with van der Waals surface area (Å²) in [4.78, 5) is 28.2. The molecule has 1 saturated carbocycles. The maximum absolute atomic E-state index is 13.4. The summed E-state index contributed by atoms with van der Waals surface area (Å²) < 4.78 is 5.40. The number of imide groups is 1. The Morgan fingerprint density at radius 3 is 1.89 bits per heavy atom. The third-order valence-electron chi connectivity index (χ3n) is 6.92. The first-order valence-corrected chi connectivity index (χ1v) is 9.57. The zero-order valence-corrected chi connectivity index (χ0v) is 14.7. The molecular formula is C23H19NO3. The van der Waals surface area contributed by atoms with Gasteiger partial charge in [-0.05, 0) is 35.1 Å². The van der Waals surface area contributed by atoms with E-state index in [2.05, 4.69) is 36.4 Å². The van der Waals surface area contributed by atoms with Gasteiger partial charge in [-0.15, -0.1) is 0 Å². The van der Waals surface area contributed by atoms with E-state index in [4.69, 9.17) is 4.42 Å². The fourth-order valence-electron chi connectivity index (χ4n) is 6.00. The van der Waals surface area contributed by atoms with Gasteiger partial charge in [-0.2, -0.15) is 0 Å². The minimum Gasteiger partial charge on any atom is -0.467 e. The van der Waals surface area contributed by atoms with Gasteiger partial charge in [-0.25, -0.2) is 0 Å². The van der Waals surface area contributed by atoms with Crippen LogP contribution in [0.25, 0.3) is 0 Å². The molecule has 0 radical (unpaired) electrons. The molecule has 0 unspecified atom stereocenters. The number of allylic oxidation sites excluding steroid dienone is 4. The molecule has 7 rings (SSSR count). The van der Waals surface area contributed by atoms with Crippen molar-refractivity contribution in [2.24, 2.45) is 23.7 Å². The molecule has 5 aliphatic rings. The van der Waals surface area contributed by atoms with Crippen molar-refractivity contribution in [3.05, 3.63) is 83.9 Å². The van der Waals surface area contributed by atoms with Crippen LogP contribution in [0.3, 0.4) is 0 Å². The second kappa shape index (κ2) is 5.32. The number of carbonyl (C=O) groups excluding carboxylic acids is 2. The van der Waals surface area contributed by atoms with E-state index in [1.807, 2.05) is 18.2 Å². The Bertz CT molecular complexity index is 939. The van der Waals surface area contributed by atoms with Crippen molar-refractivity contribution in [2.75, 3.05) is 0 Å². The van der Waals surface area contributed by atoms with Crippen LogP contribution < -0.4 is 0 Å². The van der Waals surface area contributed by atoms with Gasteiger partial charge in [0.15, 0.2) is 0 Å². The number of hydrogen-bond donors (Lipinski definition) is 0. The van der Waals surface area contributed by atoms with Crippen molar-refractivity contribution in [2.45, 2.75) is 18.4 Å². The summed E-state index contributed by atoms with van der Waals surface area (Å²) in [5, 5.41) is 0. The highest BCUT2D eigenvalue weighted by molar-refractivity contribution is 6.06. The van der Waals surface area contributed by atoms with Gasteiger partial charge in [0, 0.05) is 11.8 Å².